The molecule has 0 aliphatic heterocycles. The van der Waals surface area contributed by atoms with Crippen LogP contribution in [0.15, 0.2) is 4.79 Å². The number of nitrogens with two attached hydrogens (primary N) is 1. The van der Waals surface area contributed by atoms with Crippen LogP contribution >= 0.6 is 0 Å². The van der Waals surface area contributed by atoms with Crippen molar-refractivity contribution in [3.05, 3.63) is 15.9 Å². The zero-order valence-electron chi connectivity index (χ0n) is 7.48. The molecule has 2 aromatic heterocycles. The van der Waals surface area contributed by atoms with Gasteiger partial charge < -0.3 is 10.8 Å². The van der Waals surface area contributed by atoms with Gasteiger partial charge in [0.15, 0.2) is 0 Å². The number of aromatic hydroxyl groups is 1. The van der Waals surface area contributed by atoms with Gasteiger partial charge in [0.2, 0.25) is 17.6 Å². The number of hydrogen-bond donors (Lipinski definition) is 3. The van der Waals surface area contributed by atoms with Crippen LogP contribution in [0.5, 0.6) is 5.88 Å². The van der Waals surface area contributed by atoms with E-state index in [4.69, 9.17) is 5.73 Å². The molecular formula is C7H9N5O2. The monoisotopic (exact) mass is 195 g/mol. The third kappa shape index (κ3) is 1.02. The first kappa shape index (κ1) is 8.54. The van der Waals surface area contributed by atoms with Crippen molar-refractivity contribution in [3.8, 4) is 5.88 Å². The van der Waals surface area contributed by atoms with Crippen LogP contribution in [0.2, 0.25) is 0 Å². The second-order valence-corrected chi connectivity index (χ2v) is 2.82. The maximum atomic E-state index is 11.4. The number of anilines is 1. The average Bonchev–Trinajstić information content (AvgIpc) is 2.47. The lowest BCUT2D eigenvalue weighted by molar-refractivity contribution is 0.427. The van der Waals surface area contributed by atoms with Crippen molar-refractivity contribution < 1.29 is 5.11 Å². The van der Waals surface area contributed by atoms with E-state index in [1.807, 2.05) is 0 Å². The molecular weight excluding hydrogens is 186 g/mol. The Kier molecular flexibility index (Phi) is 1.66. The van der Waals surface area contributed by atoms with E-state index >= 15 is 0 Å². The average molecular weight is 195 g/mol. The minimum atomic E-state index is -0.370. The summed E-state index contributed by atoms with van der Waals surface area (Å²) in [5.41, 5.74) is 5.22. The van der Waals surface area contributed by atoms with Crippen LogP contribution in [-0.2, 0) is 6.42 Å². The summed E-state index contributed by atoms with van der Waals surface area (Å²) >= 11 is 0. The highest BCUT2D eigenvalue weighted by Gasteiger charge is 2.12. The van der Waals surface area contributed by atoms with Gasteiger partial charge in [-0.05, 0) is 6.42 Å². The first-order valence-corrected chi connectivity index (χ1v) is 4.10. The van der Waals surface area contributed by atoms with Crippen LogP contribution in [-0.4, -0.2) is 24.7 Å². The van der Waals surface area contributed by atoms with Gasteiger partial charge in [-0.3, -0.25) is 9.78 Å². The van der Waals surface area contributed by atoms with Gasteiger partial charge in [0, 0.05) is 0 Å². The summed E-state index contributed by atoms with van der Waals surface area (Å²) in [6.07, 6.45) is 0.414. The molecule has 0 aromatic carbocycles. The van der Waals surface area contributed by atoms with Crippen molar-refractivity contribution >= 4 is 11.7 Å². The molecule has 2 aromatic rings. The Morgan fingerprint density at radius 1 is 1.64 bits per heavy atom. The van der Waals surface area contributed by atoms with E-state index < -0.39 is 0 Å². The molecule has 2 rings (SSSR count). The van der Waals surface area contributed by atoms with E-state index in [-0.39, 0.29) is 28.7 Å². The van der Waals surface area contributed by atoms with E-state index in [2.05, 4.69) is 15.1 Å². The van der Waals surface area contributed by atoms with Gasteiger partial charge >= 0.3 is 0 Å². The lowest BCUT2D eigenvalue weighted by atomic mass is 10.2. The summed E-state index contributed by atoms with van der Waals surface area (Å²) in [7, 11) is 0. The molecule has 0 amide bonds. The molecule has 2 heterocycles. The minimum Gasteiger partial charge on any atom is -0.493 e. The predicted molar refractivity (Wildman–Crippen MR) is 49.1 cm³/mol. The number of fused-ring (bicyclic) bond motifs is 1. The Labute approximate surface area is 78.2 Å². The molecule has 0 unspecified atom stereocenters. The summed E-state index contributed by atoms with van der Waals surface area (Å²) in [5, 5.41) is 13.4. The number of aromatic nitrogens is 4. The number of nitrogens with zero attached hydrogens (tertiary/aromatic N) is 3. The molecule has 0 aliphatic rings. The molecule has 0 radical (unpaired) electrons. The molecule has 0 saturated heterocycles. The molecule has 7 heteroatoms. The van der Waals surface area contributed by atoms with Crippen molar-refractivity contribution in [2.75, 3.05) is 5.73 Å². The van der Waals surface area contributed by atoms with E-state index in [1.54, 1.807) is 6.92 Å². The third-order valence-corrected chi connectivity index (χ3v) is 1.95. The maximum Gasteiger partial charge on any atom is 0.259 e. The van der Waals surface area contributed by atoms with E-state index in [1.165, 1.54) is 0 Å². The fourth-order valence-electron chi connectivity index (χ4n) is 1.28. The zero-order chi connectivity index (χ0) is 10.3. The van der Waals surface area contributed by atoms with Gasteiger partial charge in [-0.1, -0.05) is 6.92 Å². The number of nitrogen functional groups attached to an aromatic ring is 1. The van der Waals surface area contributed by atoms with Crippen LogP contribution < -0.4 is 11.3 Å². The lowest BCUT2D eigenvalue weighted by Gasteiger charge is -2.00. The molecule has 4 N–H and O–H groups in total. The molecule has 0 spiro atoms. The Balaban J connectivity index is 2.92. The Bertz CT molecular complexity index is 541. The first-order valence-electron chi connectivity index (χ1n) is 4.10. The van der Waals surface area contributed by atoms with Gasteiger partial charge in [0.1, 0.15) is 0 Å². The van der Waals surface area contributed by atoms with Crippen molar-refractivity contribution in [2.24, 2.45) is 0 Å². The lowest BCUT2D eigenvalue weighted by Crippen LogP contribution is -2.15. The number of nitrogens with one attached hydrogen (secondary N) is 1. The highest BCUT2D eigenvalue weighted by Crippen LogP contribution is 2.13. The predicted octanol–water partition coefficient (Wildman–Crippen LogP) is -0.732. The summed E-state index contributed by atoms with van der Waals surface area (Å²) in [4.78, 5) is 17.5. The van der Waals surface area contributed by atoms with Crippen LogP contribution in [0.1, 0.15) is 12.5 Å². The second-order valence-electron chi connectivity index (χ2n) is 2.82. The second kappa shape index (κ2) is 2.72. The van der Waals surface area contributed by atoms with Crippen LogP contribution in [0.3, 0.4) is 0 Å². The van der Waals surface area contributed by atoms with Gasteiger partial charge in [0.05, 0.1) is 5.56 Å². The summed E-state index contributed by atoms with van der Waals surface area (Å²) in [6.45, 7) is 1.76. The van der Waals surface area contributed by atoms with Crippen molar-refractivity contribution in [1.82, 2.24) is 19.6 Å². The molecule has 0 aliphatic carbocycles. The van der Waals surface area contributed by atoms with Crippen molar-refractivity contribution in [2.45, 2.75) is 13.3 Å². The molecule has 14 heavy (non-hydrogen) atoms. The topological polar surface area (TPSA) is 109 Å². The zero-order valence-corrected chi connectivity index (χ0v) is 7.48. The molecule has 0 bridgehead atoms. The Morgan fingerprint density at radius 2 is 2.36 bits per heavy atom. The third-order valence-electron chi connectivity index (χ3n) is 1.95. The number of rotatable bonds is 1. The number of aromatic amines is 1. The highest BCUT2D eigenvalue weighted by molar-refractivity contribution is 5.39. The normalized spacial score (nSPS) is 10.9. The number of H-pyrrole nitrogens is 1. The minimum absolute atomic E-state index is 0.00389. The van der Waals surface area contributed by atoms with E-state index in [0.717, 1.165) is 4.52 Å². The SMILES string of the molecule is CCc1c(O)n2nc(N)nc2[nH]c1=O. The van der Waals surface area contributed by atoms with E-state index in [0.29, 0.717) is 6.42 Å². The number of hydrogen-bond acceptors (Lipinski definition) is 5. The summed E-state index contributed by atoms with van der Waals surface area (Å²) in [6, 6.07) is 0. The Hall–Kier alpha value is -2.05. The fourth-order valence-corrected chi connectivity index (χ4v) is 1.28. The van der Waals surface area contributed by atoms with Crippen molar-refractivity contribution in [3.63, 3.8) is 0 Å². The van der Waals surface area contributed by atoms with Crippen LogP contribution in [0.4, 0.5) is 5.95 Å². The van der Waals surface area contributed by atoms with Gasteiger partial charge in [-0.15, -0.1) is 5.10 Å². The standard InChI is InChI=1S/C7H9N5O2/c1-2-3-4(13)9-7-10-6(8)11-12(7)5(3)14/h14H,2H2,1H3,(H3,8,9,10,11,13). The summed E-state index contributed by atoms with van der Waals surface area (Å²) in [5.74, 6) is -0.0677. The highest BCUT2D eigenvalue weighted by atomic mass is 16.3. The van der Waals surface area contributed by atoms with Crippen LogP contribution in [0.25, 0.3) is 5.78 Å². The van der Waals surface area contributed by atoms with Gasteiger partial charge in [-0.25, -0.2) is 0 Å². The van der Waals surface area contributed by atoms with Gasteiger partial charge in [0.25, 0.3) is 5.56 Å². The van der Waals surface area contributed by atoms with Gasteiger partial charge in [-0.2, -0.15) is 9.50 Å². The maximum absolute atomic E-state index is 11.4. The van der Waals surface area contributed by atoms with Crippen LogP contribution in [0, 0.1) is 0 Å². The van der Waals surface area contributed by atoms with Crippen molar-refractivity contribution in [1.29, 1.82) is 0 Å². The molecule has 0 atom stereocenters. The first-order chi connectivity index (χ1) is 6.63. The molecule has 0 fully saturated rings. The smallest absolute Gasteiger partial charge is 0.259 e. The largest absolute Gasteiger partial charge is 0.493 e. The van der Waals surface area contributed by atoms with E-state index in [9.17, 15) is 9.90 Å². The molecule has 0 saturated carbocycles. The quantitative estimate of drug-likeness (QED) is 0.555. The Morgan fingerprint density at radius 3 is 3.00 bits per heavy atom. The molecule has 7 nitrogen and oxygen atoms in total. The fraction of sp³-hybridized carbons (Fsp3) is 0.286. The molecule has 74 valence electrons. The summed E-state index contributed by atoms with van der Waals surface area (Å²) < 4.78 is 1.11.